The van der Waals surface area contributed by atoms with Gasteiger partial charge in [0.25, 0.3) is 0 Å². The number of benzene rings is 1. The Balaban J connectivity index is 1.69. The summed E-state index contributed by atoms with van der Waals surface area (Å²) < 4.78 is 17.4. The highest BCUT2D eigenvalue weighted by Crippen LogP contribution is 2.30. The minimum Gasteiger partial charge on any atom is -0.495 e. The summed E-state index contributed by atoms with van der Waals surface area (Å²) in [5.41, 5.74) is 0.616. The molecule has 8 heteroatoms. The topological polar surface area (TPSA) is 82.9 Å². The van der Waals surface area contributed by atoms with Crippen LogP contribution in [0.15, 0.2) is 18.3 Å². The molecule has 1 aromatic carbocycles. The van der Waals surface area contributed by atoms with E-state index in [2.05, 4.69) is 5.10 Å². The second-order valence-electron chi connectivity index (χ2n) is 7.67. The van der Waals surface area contributed by atoms with Crippen molar-refractivity contribution in [1.82, 2.24) is 14.7 Å². The van der Waals surface area contributed by atoms with E-state index in [0.717, 1.165) is 10.9 Å². The van der Waals surface area contributed by atoms with Gasteiger partial charge < -0.3 is 19.1 Å². The van der Waals surface area contributed by atoms with Crippen LogP contribution in [-0.4, -0.2) is 59.7 Å². The van der Waals surface area contributed by atoms with Crippen LogP contribution in [0.25, 0.3) is 10.9 Å². The van der Waals surface area contributed by atoms with Crippen molar-refractivity contribution in [3.8, 4) is 5.75 Å². The lowest BCUT2D eigenvalue weighted by Crippen LogP contribution is -2.52. The minimum atomic E-state index is -0.490. The van der Waals surface area contributed by atoms with Crippen LogP contribution in [-0.2, 0) is 16.0 Å². The number of carbonyl (C=O) groups is 2. The summed E-state index contributed by atoms with van der Waals surface area (Å²) in [6, 6.07) is 3.42. The summed E-state index contributed by atoms with van der Waals surface area (Å²) in [6.45, 7) is 7.50. The van der Waals surface area contributed by atoms with Gasteiger partial charge in [-0.15, -0.1) is 0 Å². The summed E-state index contributed by atoms with van der Waals surface area (Å²) in [4.78, 5) is 25.6. The lowest BCUT2D eigenvalue weighted by atomic mass is 10.0. The van der Waals surface area contributed by atoms with Crippen molar-refractivity contribution < 1.29 is 23.8 Å². The van der Waals surface area contributed by atoms with E-state index in [1.807, 2.05) is 31.6 Å². The molecule has 0 bridgehead atoms. The van der Waals surface area contributed by atoms with Crippen LogP contribution in [0, 0.1) is 5.92 Å². The Hall–Kier alpha value is -2.77. The first-order valence-electron chi connectivity index (χ1n) is 8.82. The number of ether oxygens (including phenoxy) is 3. The van der Waals surface area contributed by atoms with Crippen LogP contribution in [0.4, 0.5) is 4.79 Å². The standard InChI is InChI=1S/C19H25N3O5/c1-19(2,3)27-18(24)21-8-12(9-21)10-22-11-14-15(20-22)7-6-13(16(14)25-4)17(23)26-5/h6-7,11-12H,8-10H2,1-5H3. The Morgan fingerprint density at radius 2 is 1.93 bits per heavy atom. The van der Waals surface area contributed by atoms with Gasteiger partial charge in [0.2, 0.25) is 0 Å². The molecule has 0 unspecified atom stereocenters. The summed E-state index contributed by atoms with van der Waals surface area (Å²) >= 11 is 0. The Bertz CT molecular complexity index is 862. The van der Waals surface area contributed by atoms with Gasteiger partial charge >= 0.3 is 12.1 Å². The van der Waals surface area contributed by atoms with Crippen molar-refractivity contribution in [2.75, 3.05) is 27.3 Å². The van der Waals surface area contributed by atoms with Gasteiger partial charge in [-0.3, -0.25) is 4.68 Å². The summed E-state index contributed by atoms with van der Waals surface area (Å²) in [7, 11) is 2.85. The third kappa shape index (κ3) is 3.99. The number of likely N-dealkylation sites (tertiary alicyclic amines) is 1. The Labute approximate surface area is 158 Å². The van der Waals surface area contributed by atoms with E-state index in [1.54, 1.807) is 17.0 Å². The molecular formula is C19H25N3O5. The molecule has 2 aromatic rings. The zero-order valence-corrected chi connectivity index (χ0v) is 16.3. The number of nitrogens with zero attached hydrogens (tertiary/aromatic N) is 3. The summed E-state index contributed by atoms with van der Waals surface area (Å²) in [5.74, 6) is 0.306. The highest BCUT2D eigenvalue weighted by molar-refractivity contribution is 6.00. The molecule has 27 heavy (non-hydrogen) atoms. The lowest BCUT2D eigenvalue weighted by Gasteiger charge is -2.39. The van der Waals surface area contributed by atoms with E-state index < -0.39 is 11.6 Å². The molecule has 1 fully saturated rings. The largest absolute Gasteiger partial charge is 0.495 e. The molecule has 2 heterocycles. The number of methoxy groups -OCH3 is 2. The number of esters is 1. The van der Waals surface area contributed by atoms with Gasteiger partial charge in [-0.25, -0.2) is 9.59 Å². The third-order valence-corrected chi connectivity index (χ3v) is 4.35. The maximum absolute atomic E-state index is 12.0. The molecule has 0 atom stereocenters. The quantitative estimate of drug-likeness (QED) is 0.764. The normalized spacial score (nSPS) is 14.8. The number of hydrogen-bond donors (Lipinski definition) is 0. The zero-order valence-electron chi connectivity index (χ0n) is 16.3. The van der Waals surface area contributed by atoms with E-state index in [4.69, 9.17) is 14.2 Å². The SMILES string of the molecule is COC(=O)c1ccc2nn(CC3CN(C(=O)OC(C)(C)C)C3)cc2c1OC. The van der Waals surface area contributed by atoms with E-state index in [-0.39, 0.29) is 6.09 Å². The van der Waals surface area contributed by atoms with E-state index in [1.165, 1.54) is 14.2 Å². The molecule has 1 aliphatic rings. The fraction of sp³-hybridized carbons (Fsp3) is 0.526. The fourth-order valence-corrected chi connectivity index (χ4v) is 3.13. The molecular weight excluding hydrogens is 350 g/mol. The monoisotopic (exact) mass is 375 g/mol. The number of aromatic nitrogens is 2. The molecule has 0 spiro atoms. The third-order valence-electron chi connectivity index (χ3n) is 4.35. The van der Waals surface area contributed by atoms with Crippen LogP contribution < -0.4 is 4.74 Å². The molecule has 1 aliphatic heterocycles. The molecule has 0 N–H and O–H groups in total. The van der Waals surface area contributed by atoms with Crippen molar-refractivity contribution >= 4 is 23.0 Å². The minimum absolute atomic E-state index is 0.284. The van der Waals surface area contributed by atoms with Gasteiger partial charge in [-0.1, -0.05) is 0 Å². The Morgan fingerprint density at radius 1 is 1.22 bits per heavy atom. The number of fused-ring (bicyclic) bond motifs is 1. The maximum atomic E-state index is 12.0. The Kier molecular flexibility index (Phi) is 4.99. The molecule has 146 valence electrons. The highest BCUT2D eigenvalue weighted by Gasteiger charge is 2.34. The number of rotatable bonds is 4. The summed E-state index contributed by atoms with van der Waals surface area (Å²) in [6.07, 6.45) is 1.57. The first kappa shape index (κ1) is 19.0. The smallest absolute Gasteiger partial charge is 0.410 e. The van der Waals surface area contributed by atoms with Crippen LogP contribution in [0.1, 0.15) is 31.1 Å². The zero-order chi connectivity index (χ0) is 19.8. The predicted molar refractivity (Wildman–Crippen MR) is 98.9 cm³/mol. The van der Waals surface area contributed by atoms with E-state index in [9.17, 15) is 9.59 Å². The van der Waals surface area contributed by atoms with Crippen molar-refractivity contribution in [3.63, 3.8) is 0 Å². The molecule has 1 aromatic heterocycles. The van der Waals surface area contributed by atoms with Gasteiger partial charge in [-0.05, 0) is 32.9 Å². The molecule has 1 amide bonds. The van der Waals surface area contributed by atoms with Gasteiger partial charge in [0, 0.05) is 31.7 Å². The average Bonchev–Trinajstić information content (AvgIpc) is 2.96. The van der Waals surface area contributed by atoms with E-state index in [0.29, 0.717) is 36.9 Å². The van der Waals surface area contributed by atoms with Gasteiger partial charge in [-0.2, -0.15) is 5.10 Å². The fourth-order valence-electron chi connectivity index (χ4n) is 3.13. The van der Waals surface area contributed by atoms with Crippen LogP contribution >= 0.6 is 0 Å². The van der Waals surface area contributed by atoms with Crippen molar-refractivity contribution in [2.45, 2.75) is 32.9 Å². The van der Waals surface area contributed by atoms with Crippen molar-refractivity contribution in [3.05, 3.63) is 23.9 Å². The van der Waals surface area contributed by atoms with E-state index >= 15 is 0 Å². The van der Waals surface area contributed by atoms with Gasteiger partial charge in [0.15, 0.2) is 0 Å². The summed E-state index contributed by atoms with van der Waals surface area (Å²) in [5, 5.41) is 5.30. The lowest BCUT2D eigenvalue weighted by molar-refractivity contribution is -0.00382. The highest BCUT2D eigenvalue weighted by atomic mass is 16.6. The van der Waals surface area contributed by atoms with Crippen LogP contribution in [0.5, 0.6) is 5.75 Å². The molecule has 0 saturated carbocycles. The second kappa shape index (κ2) is 7.09. The average molecular weight is 375 g/mol. The number of amides is 1. The first-order valence-corrected chi connectivity index (χ1v) is 8.82. The van der Waals surface area contributed by atoms with Crippen LogP contribution in [0.2, 0.25) is 0 Å². The molecule has 0 radical (unpaired) electrons. The van der Waals surface area contributed by atoms with Crippen LogP contribution in [0.3, 0.4) is 0 Å². The maximum Gasteiger partial charge on any atom is 0.410 e. The molecule has 8 nitrogen and oxygen atoms in total. The molecule has 3 rings (SSSR count). The van der Waals surface area contributed by atoms with Crippen molar-refractivity contribution in [2.24, 2.45) is 5.92 Å². The number of carbonyl (C=O) groups excluding carboxylic acids is 2. The Morgan fingerprint density at radius 3 is 2.52 bits per heavy atom. The molecule has 1 saturated heterocycles. The molecule has 0 aliphatic carbocycles. The van der Waals surface area contributed by atoms with Crippen molar-refractivity contribution in [1.29, 1.82) is 0 Å². The predicted octanol–water partition coefficient (Wildman–Crippen LogP) is 2.70. The van der Waals surface area contributed by atoms with Gasteiger partial charge in [0.05, 0.1) is 25.1 Å². The second-order valence-corrected chi connectivity index (χ2v) is 7.67. The first-order chi connectivity index (χ1) is 12.7. The number of hydrogen-bond acceptors (Lipinski definition) is 6. The van der Waals surface area contributed by atoms with Gasteiger partial charge in [0.1, 0.15) is 16.9 Å².